The first-order valence-corrected chi connectivity index (χ1v) is 11.1. The van der Waals surface area contributed by atoms with Gasteiger partial charge in [0.2, 0.25) is 0 Å². The highest BCUT2D eigenvalue weighted by molar-refractivity contribution is 5.91. The molecule has 4 aromatic rings. The molecule has 166 valence electrons. The summed E-state index contributed by atoms with van der Waals surface area (Å²) in [5.41, 5.74) is 9.14. The van der Waals surface area contributed by atoms with Gasteiger partial charge in [0.25, 0.3) is 0 Å². The molecule has 0 aromatic heterocycles. The fourth-order valence-corrected chi connectivity index (χ4v) is 3.75. The number of hydrogen-bond donors (Lipinski definition) is 1. The average Bonchev–Trinajstić information content (AvgIpc) is 2.86. The minimum atomic E-state index is 0.619. The van der Waals surface area contributed by atoms with E-state index in [2.05, 4.69) is 108 Å². The van der Waals surface area contributed by atoms with Gasteiger partial charge in [-0.25, -0.2) is 0 Å². The van der Waals surface area contributed by atoms with Crippen LogP contribution in [0.25, 0.3) is 11.6 Å². The first-order valence-electron chi connectivity index (χ1n) is 11.1. The van der Waals surface area contributed by atoms with Crippen molar-refractivity contribution in [1.82, 2.24) is 0 Å². The summed E-state index contributed by atoms with van der Waals surface area (Å²) in [5, 5.41) is 3.46. The van der Waals surface area contributed by atoms with E-state index in [-0.39, 0.29) is 0 Å². The Bertz CT molecular complexity index is 1160. The third kappa shape index (κ3) is 6.19. The summed E-state index contributed by atoms with van der Waals surface area (Å²) >= 11 is 0. The summed E-state index contributed by atoms with van der Waals surface area (Å²) in [7, 11) is 3.43. The SMILES string of the molecule is COCc1ccc(Nc2ccc(/C=C(\c3ccccc3)c3ccc(COC)cc3)cc2)cc1. The number of anilines is 2. The molecule has 0 saturated carbocycles. The molecule has 4 aromatic carbocycles. The first kappa shape index (κ1) is 22.5. The van der Waals surface area contributed by atoms with E-state index < -0.39 is 0 Å². The summed E-state index contributed by atoms with van der Waals surface area (Å²) in [6.07, 6.45) is 2.24. The number of rotatable bonds is 9. The zero-order chi connectivity index (χ0) is 22.9. The van der Waals surface area contributed by atoms with E-state index in [1.54, 1.807) is 14.2 Å². The Labute approximate surface area is 196 Å². The highest BCUT2D eigenvalue weighted by Crippen LogP contribution is 2.27. The van der Waals surface area contributed by atoms with E-state index >= 15 is 0 Å². The van der Waals surface area contributed by atoms with Crippen LogP contribution in [0, 0.1) is 0 Å². The maximum absolute atomic E-state index is 5.25. The third-order valence-electron chi connectivity index (χ3n) is 5.44. The van der Waals surface area contributed by atoms with Crippen molar-refractivity contribution < 1.29 is 9.47 Å². The van der Waals surface area contributed by atoms with Gasteiger partial charge in [-0.15, -0.1) is 0 Å². The van der Waals surface area contributed by atoms with Crippen LogP contribution in [0.1, 0.15) is 27.8 Å². The fraction of sp³-hybridized carbons (Fsp3) is 0.133. The van der Waals surface area contributed by atoms with E-state index in [0.29, 0.717) is 13.2 Å². The highest BCUT2D eigenvalue weighted by atomic mass is 16.5. The number of methoxy groups -OCH3 is 2. The lowest BCUT2D eigenvalue weighted by Gasteiger charge is -2.11. The van der Waals surface area contributed by atoms with Gasteiger partial charge >= 0.3 is 0 Å². The molecule has 0 atom stereocenters. The lowest BCUT2D eigenvalue weighted by molar-refractivity contribution is 0.185. The predicted molar refractivity (Wildman–Crippen MR) is 137 cm³/mol. The van der Waals surface area contributed by atoms with Gasteiger partial charge in [-0.3, -0.25) is 0 Å². The molecular formula is C30H29NO2. The molecule has 0 saturated heterocycles. The normalized spacial score (nSPS) is 11.4. The minimum Gasteiger partial charge on any atom is -0.380 e. The zero-order valence-electron chi connectivity index (χ0n) is 19.1. The van der Waals surface area contributed by atoms with Crippen LogP contribution < -0.4 is 5.32 Å². The maximum Gasteiger partial charge on any atom is 0.0713 e. The molecule has 3 nitrogen and oxygen atoms in total. The average molecular weight is 436 g/mol. The molecule has 33 heavy (non-hydrogen) atoms. The van der Waals surface area contributed by atoms with Crippen molar-refractivity contribution in [3.8, 4) is 0 Å². The summed E-state index contributed by atoms with van der Waals surface area (Å²) in [6.45, 7) is 1.24. The highest BCUT2D eigenvalue weighted by Gasteiger charge is 2.06. The van der Waals surface area contributed by atoms with Crippen molar-refractivity contribution in [3.63, 3.8) is 0 Å². The van der Waals surface area contributed by atoms with E-state index in [9.17, 15) is 0 Å². The molecule has 0 heterocycles. The van der Waals surface area contributed by atoms with Gasteiger partial charge in [0.05, 0.1) is 13.2 Å². The van der Waals surface area contributed by atoms with E-state index in [4.69, 9.17) is 9.47 Å². The second kappa shape index (κ2) is 11.3. The second-order valence-electron chi connectivity index (χ2n) is 7.93. The van der Waals surface area contributed by atoms with Crippen LogP contribution in [-0.4, -0.2) is 14.2 Å². The topological polar surface area (TPSA) is 30.5 Å². The van der Waals surface area contributed by atoms with Gasteiger partial charge in [-0.1, -0.05) is 78.9 Å². The third-order valence-corrected chi connectivity index (χ3v) is 5.44. The molecule has 4 rings (SSSR count). The van der Waals surface area contributed by atoms with Gasteiger partial charge < -0.3 is 14.8 Å². The molecule has 0 aliphatic rings. The molecule has 0 amide bonds. The quantitative estimate of drug-likeness (QED) is 0.280. The molecule has 3 heteroatoms. The van der Waals surface area contributed by atoms with Crippen molar-refractivity contribution in [2.24, 2.45) is 0 Å². The van der Waals surface area contributed by atoms with Crippen LogP contribution in [0.5, 0.6) is 0 Å². The lowest BCUT2D eigenvalue weighted by Crippen LogP contribution is -1.93. The summed E-state index contributed by atoms with van der Waals surface area (Å²) in [4.78, 5) is 0. The van der Waals surface area contributed by atoms with Crippen molar-refractivity contribution in [2.75, 3.05) is 19.5 Å². The molecule has 0 aliphatic heterocycles. The molecule has 1 N–H and O–H groups in total. The summed E-state index contributed by atoms with van der Waals surface area (Å²) in [5.74, 6) is 0. The van der Waals surface area contributed by atoms with Crippen molar-refractivity contribution >= 4 is 23.0 Å². The number of benzene rings is 4. The fourth-order valence-electron chi connectivity index (χ4n) is 3.75. The minimum absolute atomic E-state index is 0.619. The molecular weight excluding hydrogens is 406 g/mol. The van der Waals surface area contributed by atoms with E-state index in [1.807, 2.05) is 6.07 Å². The van der Waals surface area contributed by atoms with Gasteiger partial charge in [-0.2, -0.15) is 0 Å². The zero-order valence-corrected chi connectivity index (χ0v) is 19.1. The van der Waals surface area contributed by atoms with Crippen molar-refractivity contribution in [3.05, 3.63) is 131 Å². The standard InChI is InChI=1S/C30H29NO2/c1-32-21-24-8-14-27(15-9-24)30(26-6-4-3-5-7-26)20-23-10-16-28(17-11-23)31-29-18-12-25(13-19-29)22-33-2/h3-20,31H,21-22H2,1-2H3/b30-20+. The van der Waals surface area contributed by atoms with E-state index in [0.717, 1.165) is 22.5 Å². The molecule has 0 unspecified atom stereocenters. The monoisotopic (exact) mass is 435 g/mol. The maximum atomic E-state index is 5.25. The largest absolute Gasteiger partial charge is 0.380 e. The van der Waals surface area contributed by atoms with Gasteiger partial charge in [0.15, 0.2) is 0 Å². The van der Waals surface area contributed by atoms with Crippen LogP contribution >= 0.6 is 0 Å². The molecule has 0 aliphatic carbocycles. The second-order valence-corrected chi connectivity index (χ2v) is 7.93. The Morgan fingerprint density at radius 1 is 0.606 bits per heavy atom. The predicted octanol–water partition coefficient (Wildman–Crippen LogP) is 7.31. The van der Waals surface area contributed by atoms with Crippen LogP contribution in [0.15, 0.2) is 103 Å². The van der Waals surface area contributed by atoms with Crippen LogP contribution in [-0.2, 0) is 22.7 Å². The van der Waals surface area contributed by atoms with Crippen molar-refractivity contribution in [1.29, 1.82) is 0 Å². The van der Waals surface area contributed by atoms with Crippen LogP contribution in [0.4, 0.5) is 11.4 Å². The summed E-state index contributed by atoms with van der Waals surface area (Å²) in [6, 6.07) is 35.9. The number of ether oxygens (including phenoxy) is 2. The molecule has 0 spiro atoms. The Morgan fingerprint density at radius 3 is 1.64 bits per heavy atom. The Hall–Kier alpha value is -3.66. The Kier molecular flexibility index (Phi) is 7.70. The van der Waals surface area contributed by atoms with Gasteiger partial charge in [-0.05, 0) is 63.7 Å². The van der Waals surface area contributed by atoms with Gasteiger partial charge in [0, 0.05) is 25.6 Å². The number of hydrogen-bond acceptors (Lipinski definition) is 3. The Morgan fingerprint density at radius 2 is 1.09 bits per heavy atom. The molecule has 0 bridgehead atoms. The van der Waals surface area contributed by atoms with Gasteiger partial charge in [0.1, 0.15) is 0 Å². The lowest BCUT2D eigenvalue weighted by atomic mass is 9.95. The number of nitrogens with one attached hydrogen (secondary N) is 1. The molecule has 0 radical (unpaired) electrons. The van der Waals surface area contributed by atoms with Crippen LogP contribution in [0.3, 0.4) is 0 Å². The van der Waals surface area contributed by atoms with Crippen LogP contribution in [0.2, 0.25) is 0 Å². The molecule has 0 fully saturated rings. The van der Waals surface area contributed by atoms with Crippen molar-refractivity contribution in [2.45, 2.75) is 13.2 Å². The summed E-state index contributed by atoms with van der Waals surface area (Å²) < 4.78 is 10.4. The first-order chi connectivity index (χ1) is 16.2. The van der Waals surface area contributed by atoms with E-state index in [1.165, 1.54) is 22.3 Å². The Balaban J connectivity index is 1.57. The smallest absolute Gasteiger partial charge is 0.0713 e.